The molecule has 0 aliphatic carbocycles. The van der Waals surface area contributed by atoms with Gasteiger partial charge in [-0.3, -0.25) is 4.79 Å². The molecule has 0 unspecified atom stereocenters. The van der Waals surface area contributed by atoms with E-state index in [-0.39, 0.29) is 5.91 Å². The molecule has 1 aromatic rings. The molecule has 0 radical (unpaired) electrons. The monoisotopic (exact) mass is 342 g/mol. The van der Waals surface area contributed by atoms with Crippen LogP contribution in [0.25, 0.3) is 0 Å². The number of carbonyl (C=O) groups is 1. The number of rotatable bonds is 8. The second-order valence-corrected chi connectivity index (χ2v) is 6.34. The summed E-state index contributed by atoms with van der Waals surface area (Å²) in [5, 5.41) is 3.34. The van der Waals surface area contributed by atoms with Crippen LogP contribution in [-0.2, 0) is 11.3 Å². The first-order chi connectivity index (χ1) is 12.2. The molecule has 0 spiro atoms. The van der Waals surface area contributed by atoms with E-state index in [0.717, 1.165) is 56.1 Å². The Kier molecular flexibility index (Phi) is 7.51. The number of anilines is 1. The van der Waals surface area contributed by atoms with E-state index in [1.54, 1.807) is 0 Å². The van der Waals surface area contributed by atoms with Crippen LogP contribution in [0, 0.1) is 0 Å². The topological polar surface area (TPSA) is 47.9 Å². The minimum Gasteiger partial charge on any atom is -0.357 e. The second-order valence-electron chi connectivity index (χ2n) is 6.34. The predicted octanol–water partition coefficient (Wildman–Crippen LogP) is 3.18. The van der Waals surface area contributed by atoms with Crippen LogP contribution in [0.3, 0.4) is 0 Å². The highest BCUT2D eigenvalue weighted by Gasteiger charge is 2.21. The SMILES string of the molecule is C=CCCCN(C)C(=NCc1ccc(N2CCCC2=O)cc1)NCC. The number of hydrogen-bond donors (Lipinski definition) is 1. The zero-order valence-corrected chi connectivity index (χ0v) is 15.5. The average molecular weight is 342 g/mol. The van der Waals surface area contributed by atoms with Gasteiger partial charge < -0.3 is 15.1 Å². The van der Waals surface area contributed by atoms with Gasteiger partial charge in [-0.2, -0.15) is 0 Å². The highest BCUT2D eigenvalue weighted by atomic mass is 16.2. The molecule has 1 aliphatic heterocycles. The molecule has 1 amide bonds. The Hall–Kier alpha value is -2.30. The van der Waals surface area contributed by atoms with Crippen LogP contribution < -0.4 is 10.2 Å². The lowest BCUT2D eigenvalue weighted by Crippen LogP contribution is -2.39. The van der Waals surface area contributed by atoms with Crippen molar-refractivity contribution >= 4 is 17.6 Å². The fourth-order valence-corrected chi connectivity index (χ4v) is 2.92. The van der Waals surface area contributed by atoms with Crippen molar-refractivity contribution in [3.05, 3.63) is 42.5 Å². The molecule has 1 saturated heterocycles. The van der Waals surface area contributed by atoms with E-state index in [1.807, 2.05) is 23.1 Å². The van der Waals surface area contributed by atoms with E-state index >= 15 is 0 Å². The van der Waals surface area contributed by atoms with E-state index in [2.05, 4.69) is 42.9 Å². The molecule has 1 heterocycles. The van der Waals surface area contributed by atoms with Crippen LogP contribution in [0.15, 0.2) is 41.9 Å². The second kappa shape index (κ2) is 9.87. The first-order valence-electron chi connectivity index (χ1n) is 9.15. The molecule has 0 saturated carbocycles. The summed E-state index contributed by atoms with van der Waals surface area (Å²) in [6.45, 7) is 9.10. The normalized spacial score (nSPS) is 14.7. The lowest BCUT2D eigenvalue weighted by Gasteiger charge is -2.22. The van der Waals surface area contributed by atoms with Gasteiger partial charge in [-0.15, -0.1) is 6.58 Å². The molecule has 1 N–H and O–H groups in total. The van der Waals surface area contributed by atoms with Crippen LogP contribution in [0.1, 0.15) is 38.2 Å². The Morgan fingerprint density at radius 2 is 2.16 bits per heavy atom. The molecule has 1 aliphatic rings. The standard InChI is InChI=1S/C20H30N4O/c1-4-6-7-14-23(3)20(21-5-2)22-16-17-10-12-18(13-11-17)24-15-8-9-19(24)25/h4,10-13H,1,5-9,14-16H2,2-3H3,(H,21,22). The van der Waals surface area contributed by atoms with Crippen LogP contribution >= 0.6 is 0 Å². The van der Waals surface area contributed by atoms with Gasteiger partial charge >= 0.3 is 0 Å². The lowest BCUT2D eigenvalue weighted by molar-refractivity contribution is -0.117. The van der Waals surface area contributed by atoms with Crippen molar-refractivity contribution in [2.45, 2.75) is 39.2 Å². The summed E-state index contributed by atoms with van der Waals surface area (Å²) in [5.74, 6) is 1.15. The number of nitrogens with zero attached hydrogens (tertiary/aromatic N) is 3. The summed E-state index contributed by atoms with van der Waals surface area (Å²) >= 11 is 0. The lowest BCUT2D eigenvalue weighted by atomic mass is 10.2. The van der Waals surface area contributed by atoms with E-state index in [0.29, 0.717) is 13.0 Å². The summed E-state index contributed by atoms with van der Waals surface area (Å²) in [6, 6.07) is 8.17. The number of carbonyl (C=O) groups excluding carboxylic acids is 1. The summed E-state index contributed by atoms with van der Waals surface area (Å²) in [5.41, 5.74) is 2.13. The van der Waals surface area contributed by atoms with Crippen LogP contribution in [0.2, 0.25) is 0 Å². The molecule has 2 rings (SSSR count). The molecular formula is C20H30N4O. The molecule has 25 heavy (non-hydrogen) atoms. The van der Waals surface area contributed by atoms with Crippen molar-refractivity contribution in [3.8, 4) is 0 Å². The maximum absolute atomic E-state index is 11.8. The third-order valence-corrected chi connectivity index (χ3v) is 4.33. The molecule has 0 bridgehead atoms. The van der Waals surface area contributed by atoms with Gasteiger partial charge in [0.05, 0.1) is 6.54 Å². The summed E-state index contributed by atoms with van der Waals surface area (Å²) < 4.78 is 0. The van der Waals surface area contributed by atoms with Crippen molar-refractivity contribution in [2.24, 2.45) is 4.99 Å². The van der Waals surface area contributed by atoms with Gasteiger partial charge in [0, 0.05) is 38.8 Å². The van der Waals surface area contributed by atoms with Gasteiger partial charge in [0.15, 0.2) is 5.96 Å². The van der Waals surface area contributed by atoms with E-state index in [9.17, 15) is 4.79 Å². The third-order valence-electron chi connectivity index (χ3n) is 4.33. The Labute approximate surface area is 151 Å². The minimum atomic E-state index is 0.223. The summed E-state index contributed by atoms with van der Waals surface area (Å²) in [6.07, 6.45) is 5.65. The van der Waals surface area contributed by atoms with Crippen molar-refractivity contribution in [3.63, 3.8) is 0 Å². The fourth-order valence-electron chi connectivity index (χ4n) is 2.92. The zero-order valence-electron chi connectivity index (χ0n) is 15.5. The number of amides is 1. The molecule has 1 aromatic carbocycles. The van der Waals surface area contributed by atoms with Gasteiger partial charge in [-0.1, -0.05) is 18.2 Å². The number of nitrogens with one attached hydrogen (secondary N) is 1. The van der Waals surface area contributed by atoms with Gasteiger partial charge in [-0.25, -0.2) is 4.99 Å². The molecular weight excluding hydrogens is 312 g/mol. The Bertz CT molecular complexity index is 594. The van der Waals surface area contributed by atoms with Crippen molar-refractivity contribution in [2.75, 3.05) is 31.6 Å². The quantitative estimate of drug-likeness (QED) is 0.342. The average Bonchev–Trinajstić information content (AvgIpc) is 3.05. The van der Waals surface area contributed by atoms with E-state index < -0.39 is 0 Å². The molecule has 0 aromatic heterocycles. The third kappa shape index (κ3) is 5.62. The minimum absolute atomic E-state index is 0.223. The van der Waals surface area contributed by atoms with Gasteiger partial charge in [0.1, 0.15) is 0 Å². The number of aliphatic imine (C=N–C) groups is 1. The fraction of sp³-hybridized carbons (Fsp3) is 0.500. The van der Waals surface area contributed by atoms with Crippen molar-refractivity contribution in [1.82, 2.24) is 10.2 Å². The molecule has 5 nitrogen and oxygen atoms in total. The van der Waals surface area contributed by atoms with Crippen LogP contribution in [0.4, 0.5) is 5.69 Å². The number of guanidine groups is 1. The number of benzene rings is 1. The molecule has 5 heteroatoms. The van der Waals surface area contributed by atoms with E-state index in [1.165, 1.54) is 0 Å². The highest BCUT2D eigenvalue weighted by Crippen LogP contribution is 2.21. The van der Waals surface area contributed by atoms with Gasteiger partial charge in [-0.05, 0) is 43.9 Å². The first-order valence-corrected chi connectivity index (χ1v) is 9.15. The largest absolute Gasteiger partial charge is 0.357 e. The predicted molar refractivity (Wildman–Crippen MR) is 105 cm³/mol. The van der Waals surface area contributed by atoms with Crippen molar-refractivity contribution in [1.29, 1.82) is 0 Å². The number of hydrogen-bond acceptors (Lipinski definition) is 2. The summed E-state index contributed by atoms with van der Waals surface area (Å²) in [4.78, 5) is 20.6. The number of unbranched alkanes of at least 4 members (excludes halogenated alkanes) is 1. The number of allylic oxidation sites excluding steroid dienone is 1. The molecule has 1 fully saturated rings. The van der Waals surface area contributed by atoms with Crippen molar-refractivity contribution < 1.29 is 4.79 Å². The smallest absolute Gasteiger partial charge is 0.227 e. The zero-order chi connectivity index (χ0) is 18.1. The van der Waals surface area contributed by atoms with Crippen LogP contribution in [0.5, 0.6) is 0 Å². The Morgan fingerprint density at radius 1 is 1.40 bits per heavy atom. The molecule has 0 atom stereocenters. The maximum Gasteiger partial charge on any atom is 0.227 e. The van der Waals surface area contributed by atoms with Gasteiger partial charge in [0.25, 0.3) is 0 Å². The first kappa shape index (κ1) is 19.0. The van der Waals surface area contributed by atoms with Crippen LogP contribution in [-0.4, -0.2) is 43.4 Å². The van der Waals surface area contributed by atoms with Gasteiger partial charge in [0.2, 0.25) is 5.91 Å². The Balaban J connectivity index is 1.96. The molecule has 136 valence electrons. The Morgan fingerprint density at radius 3 is 2.76 bits per heavy atom. The summed E-state index contributed by atoms with van der Waals surface area (Å²) in [7, 11) is 2.06. The highest BCUT2D eigenvalue weighted by molar-refractivity contribution is 5.95. The maximum atomic E-state index is 11.8. The van der Waals surface area contributed by atoms with E-state index in [4.69, 9.17) is 4.99 Å².